The summed E-state index contributed by atoms with van der Waals surface area (Å²) in [4.78, 5) is 0. The Labute approximate surface area is 191 Å². The SMILES string of the molecule is CO[C@@H]1C[C@H]2[C@@H]3CC[C@H]([C@H](C)[C@H]4C[C@@H]4C(O)C(C)C)[C@@]3(C)CC[C@@H]2[C@@]2(C)CC[C@H]3C[C@]312. The maximum Gasteiger partial charge on any atom is 0.0638 e. The van der Waals surface area contributed by atoms with Crippen LogP contribution in [0.2, 0.25) is 0 Å². The third-order valence-corrected chi connectivity index (χ3v) is 13.2. The van der Waals surface area contributed by atoms with Crippen LogP contribution in [0.4, 0.5) is 0 Å². The molecule has 1 N–H and O–H groups in total. The quantitative estimate of drug-likeness (QED) is 0.537. The van der Waals surface area contributed by atoms with Crippen molar-refractivity contribution in [2.45, 2.75) is 105 Å². The molecule has 6 aliphatic carbocycles. The molecule has 1 spiro atoms. The van der Waals surface area contributed by atoms with Gasteiger partial charge in [-0.05, 0) is 122 Å². The Balaban J connectivity index is 1.24. The molecule has 6 saturated carbocycles. The second-order valence-corrected chi connectivity index (χ2v) is 14.1. The van der Waals surface area contributed by atoms with Gasteiger partial charge in [-0.15, -0.1) is 0 Å². The number of aliphatic hydroxyl groups excluding tert-OH is 1. The molecule has 6 fully saturated rings. The Bertz CT molecular complexity index is 732. The smallest absolute Gasteiger partial charge is 0.0638 e. The van der Waals surface area contributed by atoms with Crippen LogP contribution in [0.15, 0.2) is 0 Å². The van der Waals surface area contributed by atoms with E-state index >= 15 is 0 Å². The molecular weight excluding hydrogens is 380 g/mol. The summed E-state index contributed by atoms with van der Waals surface area (Å²) in [6.45, 7) is 12.3. The normalized spacial score (nSPS) is 58.8. The van der Waals surface area contributed by atoms with E-state index in [1.165, 1.54) is 57.8 Å². The monoisotopic (exact) mass is 428 g/mol. The maximum atomic E-state index is 10.7. The molecule has 31 heavy (non-hydrogen) atoms. The standard InChI is InChI=1S/C29H48O2/c1-16(2)26(30)20-13-19(20)17(3)22-7-8-23-21-14-25(31-6)29-15-18(29)9-12-28(29,5)24(21)10-11-27(22,23)4/h16-26,30H,7-15H2,1-6H3/t17-,18+,19-,20+,21+,22-,23+,24+,25-,26?,27-,28-,29+/m1/s1. The van der Waals surface area contributed by atoms with Crippen LogP contribution < -0.4 is 0 Å². The number of methoxy groups -OCH3 is 1. The highest BCUT2D eigenvalue weighted by Gasteiger charge is 2.77. The van der Waals surface area contributed by atoms with Crippen molar-refractivity contribution in [3.63, 3.8) is 0 Å². The molecule has 6 aliphatic rings. The van der Waals surface area contributed by atoms with Gasteiger partial charge in [0.05, 0.1) is 12.2 Å². The van der Waals surface area contributed by atoms with Crippen molar-refractivity contribution >= 4 is 0 Å². The molecule has 2 nitrogen and oxygen atoms in total. The van der Waals surface area contributed by atoms with Crippen LogP contribution in [0.1, 0.15) is 92.4 Å². The summed E-state index contributed by atoms with van der Waals surface area (Å²) >= 11 is 0. The molecule has 0 bridgehead atoms. The van der Waals surface area contributed by atoms with Gasteiger partial charge in [-0.3, -0.25) is 0 Å². The lowest BCUT2D eigenvalue weighted by Gasteiger charge is -2.61. The summed E-state index contributed by atoms with van der Waals surface area (Å²) in [5.74, 6) is 7.15. The van der Waals surface area contributed by atoms with Crippen molar-refractivity contribution < 1.29 is 9.84 Å². The van der Waals surface area contributed by atoms with Crippen molar-refractivity contribution in [2.24, 2.45) is 69.5 Å². The van der Waals surface area contributed by atoms with Crippen molar-refractivity contribution in [3.05, 3.63) is 0 Å². The van der Waals surface area contributed by atoms with Gasteiger partial charge >= 0.3 is 0 Å². The van der Waals surface area contributed by atoms with Gasteiger partial charge in [0, 0.05) is 12.5 Å². The van der Waals surface area contributed by atoms with Crippen LogP contribution in [0, 0.1) is 69.5 Å². The third-order valence-electron chi connectivity index (χ3n) is 13.2. The van der Waals surface area contributed by atoms with Crippen molar-refractivity contribution in [3.8, 4) is 0 Å². The highest BCUT2D eigenvalue weighted by molar-refractivity contribution is 5.26. The van der Waals surface area contributed by atoms with Crippen LogP contribution in [-0.4, -0.2) is 24.4 Å². The number of rotatable bonds is 5. The van der Waals surface area contributed by atoms with E-state index in [2.05, 4.69) is 34.6 Å². The van der Waals surface area contributed by atoms with Crippen LogP contribution in [-0.2, 0) is 4.74 Å². The van der Waals surface area contributed by atoms with Gasteiger partial charge in [-0.2, -0.15) is 0 Å². The van der Waals surface area contributed by atoms with E-state index in [0.29, 0.717) is 34.2 Å². The molecule has 176 valence electrons. The van der Waals surface area contributed by atoms with E-state index in [1.807, 2.05) is 7.11 Å². The van der Waals surface area contributed by atoms with Crippen LogP contribution in [0.5, 0.6) is 0 Å². The molecule has 0 aromatic carbocycles. The highest BCUT2D eigenvalue weighted by Crippen LogP contribution is 2.82. The average molecular weight is 429 g/mol. The number of aliphatic hydroxyl groups is 1. The van der Waals surface area contributed by atoms with E-state index in [1.54, 1.807) is 0 Å². The minimum atomic E-state index is -0.0843. The molecular formula is C29H48O2. The second-order valence-electron chi connectivity index (χ2n) is 14.1. The highest BCUT2D eigenvalue weighted by atomic mass is 16.5. The molecule has 13 atom stereocenters. The van der Waals surface area contributed by atoms with E-state index in [4.69, 9.17) is 4.74 Å². The summed E-state index contributed by atoms with van der Waals surface area (Å²) in [5, 5.41) is 10.7. The summed E-state index contributed by atoms with van der Waals surface area (Å²) in [7, 11) is 2.02. The van der Waals surface area contributed by atoms with Crippen molar-refractivity contribution in [2.75, 3.05) is 7.11 Å². The van der Waals surface area contributed by atoms with Crippen LogP contribution in [0.25, 0.3) is 0 Å². The van der Waals surface area contributed by atoms with Gasteiger partial charge in [-0.1, -0.05) is 34.6 Å². The summed E-state index contributed by atoms with van der Waals surface area (Å²) in [6.07, 6.45) is 13.3. The Kier molecular flexibility index (Phi) is 4.67. The molecule has 0 aromatic rings. The largest absolute Gasteiger partial charge is 0.393 e. The average Bonchev–Trinajstić information content (AvgIpc) is 3.62. The lowest BCUT2D eigenvalue weighted by molar-refractivity contribution is -0.161. The zero-order valence-corrected chi connectivity index (χ0v) is 21.1. The minimum absolute atomic E-state index is 0.0843. The van der Waals surface area contributed by atoms with Gasteiger partial charge in [0.25, 0.3) is 0 Å². The number of hydrogen-bond acceptors (Lipinski definition) is 2. The Hall–Kier alpha value is -0.0800. The molecule has 6 rings (SSSR count). The molecule has 0 amide bonds. The summed E-state index contributed by atoms with van der Waals surface area (Å²) < 4.78 is 6.30. The molecule has 2 heteroatoms. The minimum Gasteiger partial charge on any atom is -0.393 e. The fraction of sp³-hybridized carbons (Fsp3) is 1.00. The fourth-order valence-corrected chi connectivity index (χ4v) is 11.5. The first-order valence-electron chi connectivity index (χ1n) is 13.9. The zero-order chi connectivity index (χ0) is 21.9. The van der Waals surface area contributed by atoms with Gasteiger partial charge < -0.3 is 9.84 Å². The number of fused-ring (bicyclic) bond motifs is 4. The predicted octanol–water partition coefficient (Wildman–Crippen LogP) is 6.56. The molecule has 0 radical (unpaired) electrons. The van der Waals surface area contributed by atoms with Crippen LogP contribution in [0.3, 0.4) is 0 Å². The van der Waals surface area contributed by atoms with Crippen molar-refractivity contribution in [1.29, 1.82) is 0 Å². The summed E-state index contributed by atoms with van der Waals surface area (Å²) in [5.41, 5.74) is 1.63. The van der Waals surface area contributed by atoms with Gasteiger partial charge in [-0.25, -0.2) is 0 Å². The third kappa shape index (κ3) is 2.59. The first-order valence-corrected chi connectivity index (χ1v) is 13.9. The van der Waals surface area contributed by atoms with Crippen molar-refractivity contribution in [1.82, 2.24) is 0 Å². The maximum absolute atomic E-state index is 10.7. The first-order chi connectivity index (χ1) is 14.7. The Morgan fingerprint density at radius 2 is 1.68 bits per heavy atom. The van der Waals surface area contributed by atoms with E-state index < -0.39 is 0 Å². The summed E-state index contributed by atoms with van der Waals surface area (Å²) in [6, 6.07) is 0. The Morgan fingerprint density at radius 3 is 2.35 bits per heavy atom. The van der Waals surface area contributed by atoms with E-state index in [9.17, 15) is 5.11 Å². The predicted molar refractivity (Wildman–Crippen MR) is 125 cm³/mol. The second kappa shape index (κ2) is 6.74. The fourth-order valence-electron chi connectivity index (χ4n) is 11.5. The molecule has 0 aliphatic heterocycles. The molecule has 0 saturated heterocycles. The topological polar surface area (TPSA) is 29.5 Å². The van der Waals surface area contributed by atoms with E-state index in [0.717, 1.165) is 41.4 Å². The zero-order valence-electron chi connectivity index (χ0n) is 21.1. The molecule has 1 unspecified atom stereocenters. The first kappa shape index (κ1) is 21.5. The van der Waals surface area contributed by atoms with Gasteiger partial charge in [0.2, 0.25) is 0 Å². The molecule has 0 heterocycles. The van der Waals surface area contributed by atoms with E-state index in [-0.39, 0.29) is 6.10 Å². The number of hydrogen-bond donors (Lipinski definition) is 1. The molecule has 0 aromatic heterocycles. The Morgan fingerprint density at radius 1 is 0.903 bits per heavy atom. The van der Waals surface area contributed by atoms with Gasteiger partial charge in [0.15, 0.2) is 0 Å². The van der Waals surface area contributed by atoms with Crippen LogP contribution >= 0.6 is 0 Å². The lowest BCUT2D eigenvalue weighted by Crippen LogP contribution is -2.57. The number of ether oxygens (including phenoxy) is 1. The van der Waals surface area contributed by atoms with Gasteiger partial charge in [0.1, 0.15) is 0 Å². The lowest BCUT2D eigenvalue weighted by atomic mass is 9.45.